The summed E-state index contributed by atoms with van der Waals surface area (Å²) >= 11 is 0. The van der Waals surface area contributed by atoms with Crippen molar-refractivity contribution in [2.75, 3.05) is 19.6 Å². The molecular formula is C20H29FN2O. The van der Waals surface area contributed by atoms with Gasteiger partial charge in [-0.3, -0.25) is 4.79 Å². The molecule has 1 aliphatic heterocycles. The lowest BCUT2D eigenvalue weighted by atomic mass is 10.0. The highest BCUT2D eigenvalue weighted by Crippen LogP contribution is 2.25. The van der Waals surface area contributed by atoms with E-state index in [2.05, 4.69) is 10.2 Å². The minimum atomic E-state index is -0.201. The van der Waals surface area contributed by atoms with Gasteiger partial charge in [0, 0.05) is 19.0 Å². The predicted molar refractivity (Wildman–Crippen MR) is 94.3 cm³/mol. The van der Waals surface area contributed by atoms with Gasteiger partial charge in [-0.25, -0.2) is 4.39 Å². The Balaban J connectivity index is 1.55. The van der Waals surface area contributed by atoms with Gasteiger partial charge in [-0.1, -0.05) is 25.0 Å². The molecule has 1 aromatic carbocycles. The average Bonchev–Trinajstić information content (AvgIpc) is 3.28. The lowest BCUT2D eigenvalue weighted by molar-refractivity contribution is -0.133. The van der Waals surface area contributed by atoms with E-state index in [1.54, 1.807) is 0 Å². The first-order valence-electron chi connectivity index (χ1n) is 9.47. The van der Waals surface area contributed by atoms with Crippen molar-refractivity contribution in [2.45, 2.75) is 57.4 Å². The number of nitrogens with one attached hydrogen (secondary N) is 1. The van der Waals surface area contributed by atoms with E-state index >= 15 is 0 Å². The highest BCUT2D eigenvalue weighted by atomic mass is 19.1. The Morgan fingerprint density at radius 1 is 1.17 bits per heavy atom. The molecule has 1 amide bonds. The Bertz CT molecular complexity index is 519. The lowest BCUT2D eigenvalue weighted by Gasteiger charge is -2.29. The maximum absolute atomic E-state index is 13.0. The van der Waals surface area contributed by atoms with Crippen LogP contribution in [-0.4, -0.2) is 36.5 Å². The average molecular weight is 332 g/mol. The molecule has 3 nitrogen and oxygen atoms in total. The van der Waals surface area contributed by atoms with Gasteiger partial charge in [-0.05, 0) is 68.8 Å². The molecule has 132 valence electrons. The molecule has 0 radical (unpaired) electrons. The number of nitrogens with zero attached hydrogens (tertiary/aromatic N) is 1. The second kappa shape index (κ2) is 8.61. The van der Waals surface area contributed by atoms with Crippen LogP contribution in [-0.2, 0) is 11.2 Å². The number of rotatable bonds is 7. The minimum absolute atomic E-state index is 0.201. The minimum Gasteiger partial charge on any atom is -0.339 e. The van der Waals surface area contributed by atoms with E-state index in [0.29, 0.717) is 24.3 Å². The second-order valence-corrected chi connectivity index (χ2v) is 7.30. The summed E-state index contributed by atoms with van der Waals surface area (Å²) in [5.41, 5.74) is 1.10. The fraction of sp³-hybridized carbons (Fsp3) is 0.650. The van der Waals surface area contributed by atoms with Gasteiger partial charge in [-0.2, -0.15) is 0 Å². The van der Waals surface area contributed by atoms with Gasteiger partial charge in [0.15, 0.2) is 0 Å². The Morgan fingerprint density at radius 3 is 2.58 bits per heavy atom. The molecule has 1 heterocycles. The topological polar surface area (TPSA) is 32.3 Å². The van der Waals surface area contributed by atoms with Crippen LogP contribution in [0.5, 0.6) is 0 Å². The maximum Gasteiger partial charge on any atom is 0.222 e. The smallest absolute Gasteiger partial charge is 0.222 e. The third-order valence-corrected chi connectivity index (χ3v) is 5.57. The van der Waals surface area contributed by atoms with E-state index in [1.165, 1.54) is 31.4 Å². The fourth-order valence-electron chi connectivity index (χ4n) is 4.06. The van der Waals surface area contributed by atoms with E-state index < -0.39 is 0 Å². The molecule has 0 bridgehead atoms. The summed E-state index contributed by atoms with van der Waals surface area (Å²) < 4.78 is 13.0. The summed E-state index contributed by atoms with van der Waals surface area (Å²) in [5, 5.41) is 3.38. The maximum atomic E-state index is 13.0. The zero-order chi connectivity index (χ0) is 16.8. The summed E-state index contributed by atoms with van der Waals surface area (Å²) in [7, 11) is 0. The number of benzene rings is 1. The fourth-order valence-corrected chi connectivity index (χ4v) is 4.06. The van der Waals surface area contributed by atoms with Crippen molar-refractivity contribution >= 4 is 5.91 Å². The molecule has 1 N–H and O–H groups in total. The van der Waals surface area contributed by atoms with E-state index in [-0.39, 0.29) is 5.82 Å². The molecule has 1 atom stereocenters. The van der Waals surface area contributed by atoms with Crippen molar-refractivity contribution in [3.05, 3.63) is 35.6 Å². The van der Waals surface area contributed by atoms with Crippen LogP contribution in [0.3, 0.4) is 0 Å². The van der Waals surface area contributed by atoms with Gasteiger partial charge in [0.2, 0.25) is 5.91 Å². The zero-order valence-electron chi connectivity index (χ0n) is 14.5. The third-order valence-electron chi connectivity index (χ3n) is 5.57. The van der Waals surface area contributed by atoms with Gasteiger partial charge < -0.3 is 10.2 Å². The number of carbonyl (C=O) groups is 1. The first-order chi connectivity index (χ1) is 11.7. The van der Waals surface area contributed by atoms with E-state index in [4.69, 9.17) is 0 Å². The third kappa shape index (κ3) is 4.79. The molecule has 3 rings (SSSR count). The number of carbonyl (C=O) groups excluding carboxylic acids is 1. The van der Waals surface area contributed by atoms with Crippen LogP contribution in [0.4, 0.5) is 4.39 Å². The molecule has 1 aromatic rings. The molecule has 0 spiro atoms. The van der Waals surface area contributed by atoms with Crippen LogP contribution in [0.15, 0.2) is 24.3 Å². The predicted octanol–water partition coefficient (Wildman–Crippen LogP) is 3.53. The van der Waals surface area contributed by atoms with Crippen LogP contribution >= 0.6 is 0 Å². The molecule has 4 heteroatoms. The molecule has 0 aromatic heterocycles. The normalized spacial score (nSPS) is 21.3. The van der Waals surface area contributed by atoms with Gasteiger partial charge in [0.05, 0.1) is 0 Å². The highest BCUT2D eigenvalue weighted by molar-refractivity contribution is 5.76. The van der Waals surface area contributed by atoms with Gasteiger partial charge in [0.1, 0.15) is 5.82 Å². The Labute approximate surface area is 144 Å². The van der Waals surface area contributed by atoms with Crippen molar-refractivity contribution in [3.8, 4) is 0 Å². The zero-order valence-corrected chi connectivity index (χ0v) is 14.5. The van der Waals surface area contributed by atoms with E-state index in [0.717, 1.165) is 50.9 Å². The number of halogens is 1. The first kappa shape index (κ1) is 17.4. The largest absolute Gasteiger partial charge is 0.339 e. The molecule has 1 saturated carbocycles. The molecule has 1 unspecified atom stereocenters. The first-order valence-corrected chi connectivity index (χ1v) is 9.47. The molecule has 1 aliphatic carbocycles. The quantitative estimate of drug-likeness (QED) is 0.828. The Morgan fingerprint density at radius 2 is 1.92 bits per heavy atom. The Hall–Kier alpha value is -1.42. The molecule has 1 saturated heterocycles. The molecule has 2 aliphatic rings. The van der Waals surface area contributed by atoms with Crippen molar-refractivity contribution in [1.82, 2.24) is 10.2 Å². The summed E-state index contributed by atoms with van der Waals surface area (Å²) in [6.45, 7) is 2.92. The van der Waals surface area contributed by atoms with E-state index in [1.807, 2.05) is 12.1 Å². The summed E-state index contributed by atoms with van der Waals surface area (Å²) in [6.07, 6.45) is 8.44. The lowest BCUT2D eigenvalue weighted by Crippen LogP contribution is -2.40. The van der Waals surface area contributed by atoms with Crippen molar-refractivity contribution in [2.24, 2.45) is 5.92 Å². The van der Waals surface area contributed by atoms with Crippen molar-refractivity contribution in [3.63, 3.8) is 0 Å². The van der Waals surface area contributed by atoms with Crippen molar-refractivity contribution < 1.29 is 9.18 Å². The monoisotopic (exact) mass is 332 g/mol. The highest BCUT2D eigenvalue weighted by Gasteiger charge is 2.27. The molecule has 2 fully saturated rings. The second-order valence-electron chi connectivity index (χ2n) is 7.30. The van der Waals surface area contributed by atoms with Gasteiger partial charge >= 0.3 is 0 Å². The van der Waals surface area contributed by atoms with Crippen LogP contribution < -0.4 is 5.32 Å². The van der Waals surface area contributed by atoms with Crippen LogP contribution in [0.25, 0.3) is 0 Å². The van der Waals surface area contributed by atoms with Crippen LogP contribution in [0, 0.1) is 11.7 Å². The summed E-state index contributed by atoms with van der Waals surface area (Å²) in [5.74, 6) is 0.778. The van der Waals surface area contributed by atoms with E-state index in [9.17, 15) is 9.18 Å². The van der Waals surface area contributed by atoms with Crippen molar-refractivity contribution in [1.29, 1.82) is 0 Å². The number of amides is 1. The summed E-state index contributed by atoms with van der Waals surface area (Å²) in [6, 6.07) is 7.08. The van der Waals surface area contributed by atoms with Gasteiger partial charge in [-0.15, -0.1) is 0 Å². The van der Waals surface area contributed by atoms with Crippen LogP contribution in [0.1, 0.15) is 50.5 Å². The van der Waals surface area contributed by atoms with Gasteiger partial charge in [0.25, 0.3) is 0 Å². The standard InChI is InChI=1S/C20H29FN2O/c21-18-8-5-16(6-9-18)12-14-23(19-3-1-2-4-19)20(24)10-7-17-11-13-22-15-17/h5-6,8-9,17,19,22H,1-4,7,10-15H2. The number of hydrogen-bond donors (Lipinski definition) is 1. The molecular weight excluding hydrogens is 303 g/mol. The molecule has 24 heavy (non-hydrogen) atoms. The summed E-state index contributed by atoms with van der Waals surface area (Å²) in [4.78, 5) is 14.9. The Kier molecular flexibility index (Phi) is 6.24. The van der Waals surface area contributed by atoms with Crippen LogP contribution in [0.2, 0.25) is 0 Å². The number of hydrogen-bond acceptors (Lipinski definition) is 2. The SMILES string of the molecule is O=C(CCC1CCNC1)N(CCc1ccc(F)cc1)C1CCCC1.